The van der Waals surface area contributed by atoms with Gasteiger partial charge in [-0.1, -0.05) is 43.7 Å². The number of imidazole rings is 1. The van der Waals surface area contributed by atoms with Crippen LogP contribution in [-0.2, 0) is 29.5 Å². The molecule has 2 heterocycles. The van der Waals surface area contributed by atoms with Crippen LogP contribution in [0.3, 0.4) is 0 Å². The van der Waals surface area contributed by atoms with E-state index in [-0.39, 0.29) is 4.90 Å². The van der Waals surface area contributed by atoms with E-state index < -0.39 is 10.0 Å². The van der Waals surface area contributed by atoms with Crippen LogP contribution in [0.15, 0.2) is 53.4 Å². The van der Waals surface area contributed by atoms with E-state index in [0.29, 0.717) is 5.52 Å². The van der Waals surface area contributed by atoms with Crippen molar-refractivity contribution in [2.24, 2.45) is 11.1 Å². The zero-order valence-corrected chi connectivity index (χ0v) is 19.0. The summed E-state index contributed by atoms with van der Waals surface area (Å²) in [6.07, 6.45) is 5.70. The van der Waals surface area contributed by atoms with Crippen LogP contribution < -0.4 is 5.14 Å². The third-order valence-electron chi connectivity index (χ3n) is 6.30. The van der Waals surface area contributed by atoms with Crippen LogP contribution in [0.1, 0.15) is 44.0 Å². The monoisotopic (exact) mass is 440 g/mol. The zero-order valence-electron chi connectivity index (χ0n) is 18.2. The third kappa shape index (κ3) is 5.34. The largest absolute Gasteiger partial charge is 0.327 e. The molecule has 4 rings (SSSR count). The van der Waals surface area contributed by atoms with Gasteiger partial charge in [0.05, 0.1) is 22.5 Å². The first-order valence-electron chi connectivity index (χ1n) is 11.2. The molecule has 3 aromatic rings. The summed E-state index contributed by atoms with van der Waals surface area (Å²) in [5.41, 5.74) is 3.11. The van der Waals surface area contributed by atoms with Crippen LogP contribution in [-0.4, -0.2) is 36.0 Å². The SMILES string of the molecule is CCCCn1c(CN2CCC(Cc3ccccc3)CC2)nc2cc(S(N)(=O)=O)ccc21. The first kappa shape index (κ1) is 22.0. The number of hydrogen-bond acceptors (Lipinski definition) is 4. The summed E-state index contributed by atoms with van der Waals surface area (Å²) in [6.45, 7) is 5.99. The molecular weight excluding hydrogens is 408 g/mol. The summed E-state index contributed by atoms with van der Waals surface area (Å²) in [5.74, 6) is 1.74. The molecular formula is C24H32N4O2S. The first-order chi connectivity index (χ1) is 14.9. The molecule has 1 aliphatic heterocycles. The van der Waals surface area contributed by atoms with E-state index in [9.17, 15) is 8.42 Å². The van der Waals surface area contributed by atoms with Crippen LogP contribution in [0.4, 0.5) is 0 Å². The van der Waals surface area contributed by atoms with Crippen molar-refractivity contribution in [3.63, 3.8) is 0 Å². The maximum atomic E-state index is 11.8. The Bertz CT molecular complexity index is 1120. The number of aryl methyl sites for hydroxylation is 1. The van der Waals surface area contributed by atoms with E-state index in [0.717, 1.165) is 62.7 Å². The van der Waals surface area contributed by atoms with Crippen LogP contribution >= 0.6 is 0 Å². The molecule has 6 nitrogen and oxygen atoms in total. The van der Waals surface area contributed by atoms with Crippen molar-refractivity contribution in [1.82, 2.24) is 14.5 Å². The highest BCUT2D eigenvalue weighted by atomic mass is 32.2. The molecule has 0 aliphatic carbocycles. The van der Waals surface area contributed by atoms with Crippen LogP contribution in [0.25, 0.3) is 11.0 Å². The molecule has 0 spiro atoms. The predicted octanol–water partition coefficient (Wildman–Crippen LogP) is 3.94. The van der Waals surface area contributed by atoms with E-state index in [4.69, 9.17) is 10.1 Å². The van der Waals surface area contributed by atoms with Gasteiger partial charge in [-0.15, -0.1) is 0 Å². The average molecular weight is 441 g/mol. The standard InChI is InChI=1S/C24H32N4O2S/c1-2-3-13-28-23-10-9-21(31(25,29)30)17-22(23)26-24(28)18-27-14-11-20(12-15-27)16-19-7-5-4-6-8-19/h4-10,17,20H,2-3,11-16,18H2,1H3,(H2,25,29,30). The third-order valence-corrected chi connectivity index (χ3v) is 7.21. The number of nitrogens with two attached hydrogens (primary N) is 1. The quantitative estimate of drug-likeness (QED) is 0.575. The second kappa shape index (κ2) is 9.51. The van der Waals surface area contributed by atoms with Crippen molar-refractivity contribution in [1.29, 1.82) is 0 Å². The lowest BCUT2D eigenvalue weighted by atomic mass is 9.90. The highest BCUT2D eigenvalue weighted by molar-refractivity contribution is 7.89. The molecule has 0 unspecified atom stereocenters. The molecule has 1 saturated heterocycles. The number of likely N-dealkylation sites (tertiary alicyclic amines) is 1. The van der Waals surface area contributed by atoms with E-state index in [2.05, 4.69) is 46.7 Å². The van der Waals surface area contributed by atoms with Crippen molar-refractivity contribution in [3.8, 4) is 0 Å². The lowest BCUT2D eigenvalue weighted by Gasteiger charge is -2.32. The highest BCUT2D eigenvalue weighted by Crippen LogP contribution is 2.25. The minimum Gasteiger partial charge on any atom is -0.327 e. The number of aromatic nitrogens is 2. The zero-order chi connectivity index (χ0) is 21.8. The van der Waals surface area contributed by atoms with Gasteiger partial charge < -0.3 is 4.57 Å². The molecule has 0 bridgehead atoms. The van der Waals surface area contributed by atoms with Gasteiger partial charge in [0.15, 0.2) is 0 Å². The fourth-order valence-corrected chi connectivity index (χ4v) is 5.05. The molecule has 0 saturated carbocycles. The normalized spacial score (nSPS) is 16.2. The van der Waals surface area contributed by atoms with Crippen molar-refractivity contribution < 1.29 is 8.42 Å². The lowest BCUT2D eigenvalue weighted by molar-refractivity contribution is 0.172. The molecule has 0 amide bonds. The van der Waals surface area contributed by atoms with Crippen molar-refractivity contribution >= 4 is 21.1 Å². The summed E-state index contributed by atoms with van der Waals surface area (Å²) in [6, 6.07) is 15.8. The van der Waals surface area contributed by atoms with Gasteiger partial charge >= 0.3 is 0 Å². The molecule has 2 N–H and O–H groups in total. The van der Waals surface area contributed by atoms with Gasteiger partial charge in [0.25, 0.3) is 0 Å². The summed E-state index contributed by atoms with van der Waals surface area (Å²) < 4.78 is 25.8. The van der Waals surface area contributed by atoms with Crippen LogP contribution in [0.5, 0.6) is 0 Å². The van der Waals surface area contributed by atoms with E-state index >= 15 is 0 Å². The Labute approximate surface area is 185 Å². The number of unbranched alkanes of at least 4 members (excludes halogenated alkanes) is 1. The fraction of sp³-hybridized carbons (Fsp3) is 0.458. The molecule has 1 fully saturated rings. The Morgan fingerprint density at radius 3 is 2.52 bits per heavy atom. The Morgan fingerprint density at radius 2 is 1.84 bits per heavy atom. The molecule has 31 heavy (non-hydrogen) atoms. The summed E-state index contributed by atoms with van der Waals surface area (Å²) >= 11 is 0. The lowest BCUT2D eigenvalue weighted by Crippen LogP contribution is -2.34. The summed E-state index contributed by atoms with van der Waals surface area (Å²) in [5, 5.41) is 5.32. The fourth-order valence-electron chi connectivity index (χ4n) is 4.52. The van der Waals surface area contributed by atoms with Crippen molar-refractivity contribution in [2.75, 3.05) is 13.1 Å². The molecule has 2 aromatic carbocycles. The second-order valence-electron chi connectivity index (χ2n) is 8.64. The number of nitrogens with zero attached hydrogens (tertiary/aromatic N) is 3. The van der Waals surface area contributed by atoms with Crippen molar-refractivity contribution in [2.45, 2.75) is 57.0 Å². The van der Waals surface area contributed by atoms with Gasteiger partial charge in [0.1, 0.15) is 5.82 Å². The second-order valence-corrected chi connectivity index (χ2v) is 10.2. The van der Waals surface area contributed by atoms with Gasteiger partial charge in [0, 0.05) is 6.54 Å². The number of primary sulfonamides is 1. The Kier molecular flexibility index (Phi) is 6.74. The summed E-state index contributed by atoms with van der Waals surface area (Å²) in [7, 11) is -3.73. The highest BCUT2D eigenvalue weighted by Gasteiger charge is 2.22. The predicted molar refractivity (Wildman–Crippen MR) is 124 cm³/mol. The molecule has 1 aliphatic rings. The minimum atomic E-state index is -3.73. The van der Waals surface area contributed by atoms with Gasteiger partial charge in [-0.05, 0) is 68.5 Å². The van der Waals surface area contributed by atoms with Gasteiger partial charge in [-0.3, -0.25) is 4.90 Å². The molecule has 1 aromatic heterocycles. The van der Waals surface area contributed by atoms with Crippen LogP contribution in [0, 0.1) is 5.92 Å². The minimum absolute atomic E-state index is 0.119. The molecule has 166 valence electrons. The number of rotatable bonds is 8. The Balaban J connectivity index is 1.48. The van der Waals surface area contributed by atoms with Gasteiger partial charge in [-0.25, -0.2) is 18.5 Å². The number of piperidine rings is 1. The average Bonchev–Trinajstić information content (AvgIpc) is 3.10. The maximum Gasteiger partial charge on any atom is 0.238 e. The molecule has 0 radical (unpaired) electrons. The molecule has 7 heteroatoms. The molecule has 0 atom stereocenters. The van der Waals surface area contributed by atoms with E-state index in [1.54, 1.807) is 12.1 Å². The van der Waals surface area contributed by atoms with Crippen molar-refractivity contribution in [3.05, 3.63) is 59.9 Å². The van der Waals surface area contributed by atoms with E-state index in [1.165, 1.54) is 18.4 Å². The van der Waals surface area contributed by atoms with Crippen LogP contribution in [0.2, 0.25) is 0 Å². The first-order valence-corrected chi connectivity index (χ1v) is 12.8. The summed E-state index contributed by atoms with van der Waals surface area (Å²) in [4.78, 5) is 7.42. The smallest absolute Gasteiger partial charge is 0.238 e. The number of hydrogen-bond donors (Lipinski definition) is 1. The van der Waals surface area contributed by atoms with Gasteiger partial charge in [0.2, 0.25) is 10.0 Å². The number of fused-ring (bicyclic) bond motifs is 1. The number of sulfonamides is 1. The van der Waals surface area contributed by atoms with E-state index in [1.807, 2.05) is 6.07 Å². The Morgan fingerprint density at radius 1 is 1.10 bits per heavy atom. The topological polar surface area (TPSA) is 81.2 Å². The van der Waals surface area contributed by atoms with Gasteiger partial charge in [-0.2, -0.15) is 0 Å². The number of benzene rings is 2. The Hall–Kier alpha value is -2.22. The maximum absolute atomic E-state index is 11.8.